The Morgan fingerprint density at radius 1 is 1.41 bits per heavy atom. The van der Waals surface area contributed by atoms with E-state index in [1.807, 2.05) is 6.92 Å². The van der Waals surface area contributed by atoms with Gasteiger partial charge in [-0.1, -0.05) is 26.7 Å². The summed E-state index contributed by atoms with van der Waals surface area (Å²) >= 11 is 0. The molecular formula is C11H19ClN2O3. The molecule has 3 atom stereocenters. The quantitative estimate of drug-likeness (QED) is 0.555. The van der Waals surface area contributed by atoms with Gasteiger partial charge in [-0.25, -0.2) is 0 Å². The van der Waals surface area contributed by atoms with E-state index in [1.54, 1.807) is 6.92 Å². The van der Waals surface area contributed by atoms with Crippen molar-refractivity contribution in [3.05, 3.63) is 0 Å². The van der Waals surface area contributed by atoms with Crippen LogP contribution in [0.1, 0.15) is 33.1 Å². The SMILES string of the molecule is CCCC[C@H](N)C(=O)[C@@H]1C(=O)NC(=O)[C@H]1C.Cl. The highest BCUT2D eigenvalue weighted by Crippen LogP contribution is 2.21. The summed E-state index contributed by atoms with van der Waals surface area (Å²) in [6, 6.07) is -0.635. The second kappa shape index (κ2) is 6.71. The summed E-state index contributed by atoms with van der Waals surface area (Å²) in [4.78, 5) is 34.5. The van der Waals surface area contributed by atoms with E-state index in [0.717, 1.165) is 12.8 Å². The molecule has 17 heavy (non-hydrogen) atoms. The minimum absolute atomic E-state index is 0. The highest BCUT2D eigenvalue weighted by atomic mass is 35.5. The predicted molar refractivity (Wildman–Crippen MR) is 65.6 cm³/mol. The summed E-state index contributed by atoms with van der Waals surface area (Å²) in [5.74, 6) is -2.68. The molecule has 0 aliphatic carbocycles. The molecule has 0 aromatic carbocycles. The topological polar surface area (TPSA) is 89.3 Å². The van der Waals surface area contributed by atoms with E-state index in [0.29, 0.717) is 6.42 Å². The van der Waals surface area contributed by atoms with Crippen LogP contribution in [0.15, 0.2) is 0 Å². The van der Waals surface area contributed by atoms with E-state index in [2.05, 4.69) is 5.32 Å². The van der Waals surface area contributed by atoms with Crippen molar-refractivity contribution in [3.8, 4) is 0 Å². The first-order chi connectivity index (χ1) is 7.49. The molecule has 1 aliphatic rings. The molecule has 0 radical (unpaired) electrons. The predicted octanol–water partition coefficient (Wildman–Crippen LogP) is 0.404. The lowest BCUT2D eigenvalue weighted by atomic mass is 9.87. The number of rotatable bonds is 5. The number of Topliss-reactive ketones (excluding diaryl/α,β-unsaturated/α-hetero) is 1. The van der Waals surface area contributed by atoms with Crippen LogP contribution in [0.2, 0.25) is 0 Å². The average molecular weight is 263 g/mol. The van der Waals surface area contributed by atoms with Gasteiger partial charge < -0.3 is 5.73 Å². The molecule has 0 saturated carbocycles. The van der Waals surface area contributed by atoms with E-state index in [-0.39, 0.29) is 24.1 Å². The first-order valence-electron chi connectivity index (χ1n) is 5.63. The van der Waals surface area contributed by atoms with E-state index >= 15 is 0 Å². The van der Waals surface area contributed by atoms with Gasteiger partial charge in [-0.05, 0) is 6.42 Å². The van der Waals surface area contributed by atoms with Gasteiger partial charge in [-0.15, -0.1) is 12.4 Å². The molecule has 6 heteroatoms. The highest BCUT2D eigenvalue weighted by Gasteiger charge is 2.44. The zero-order chi connectivity index (χ0) is 12.3. The van der Waals surface area contributed by atoms with Crippen LogP contribution in [0, 0.1) is 11.8 Å². The van der Waals surface area contributed by atoms with Crippen LogP contribution in [0.5, 0.6) is 0 Å². The minimum atomic E-state index is -0.889. The third-order valence-electron chi connectivity index (χ3n) is 2.98. The average Bonchev–Trinajstić information content (AvgIpc) is 2.49. The molecule has 1 rings (SSSR count). The molecule has 98 valence electrons. The smallest absolute Gasteiger partial charge is 0.238 e. The number of nitrogens with two attached hydrogens (primary N) is 1. The summed E-state index contributed by atoms with van der Waals surface area (Å²) in [7, 11) is 0. The maximum atomic E-state index is 11.9. The molecule has 1 heterocycles. The Balaban J connectivity index is 0.00000256. The van der Waals surface area contributed by atoms with Gasteiger partial charge in [0.25, 0.3) is 0 Å². The Bertz CT molecular complexity index is 320. The van der Waals surface area contributed by atoms with Crippen molar-refractivity contribution in [1.82, 2.24) is 5.32 Å². The number of carbonyl (C=O) groups is 3. The van der Waals surface area contributed by atoms with Gasteiger partial charge in [0.05, 0.1) is 12.0 Å². The van der Waals surface area contributed by atoms with Crippen molar-refractivity contribution >= 4 is 30.0 Å². The molecule has 0 aromatic heterocycles. The summed E-state index contributed by atoms with van der Waals surface area (Å²) < 4.78 is 0. The summed E-state index contributed by atoms with van der Waals surface area (Å²) in [6.07, 6.45) is 2.37. The van der Waals surface area contributed by atoms with Gasteiger partial charge in [-0.2, -0.15) is 0 Å². The molecule has 5 nitrogen and oxygen atoms in total. The third kappa shape index (κ3) is 3.51. The molecular weight excluding hydrogens is 244 g/mol. The summed E-state index contributed by atoms with van der Waals surface area (Å²) in [5, 5.41) is 2.15. The monoisotopic (exact) mass is 262 g/mol. The second-order valence-electron chi connectivity index (χ2n) is 4.27. The van der Waals surface area contributed by atoms with Gasteiger partial charge >= 0.3 is 0 Å². The molecule has 3 N–H and O–H groups in total. The van der Waals surface area contributed by atoms with Crippen molar-refractivity contribution in [3.63, 3.8) is 0 Å². The molecule has 1 fully saturated rings. The Morgan fingerprint density at radius 3 is 2.41 bits per heavy atom. The van der Waals surface area contributed by atoms with Crippen molar-refractivity contribution in [2.45, 2.75) is 39.2 Å². The molecule has 0 spiro atoms. The van der Waals surface area contributed by atoms with Crippen LogP contribution in [-0.4, -0.2) is 23.6 Å². The summed E-state index contributed by atoms with van der Waals surface area (Å²) in [6.45, 7) is 3.58. The van der Waals surface area contributed by atoms with Crippen molar-refractivity contribution in [2.24, 2.45) is 17.6 Å². The Hall–Kier alpha value is -0.940. The van der Waals surface area contributed by atoms with Gasteiger partial charge in [0, 0.05) is 0 Å². The van der Waals surface area contributed by atoms with Gasteiger partial charge in [0.2, 0.25) is 11.8 Å². The van der Waals surface area contributed by atoms with Crippen LogP contribution in [0.25, 0.3) is 0 Å². The molecule has 0 unspecified atom stereocenters. The van der Waals surface area contributed by atoms with E-state index in [4.69, 9.17) is 5.73 Å². The van der Waals surface area contributed by atoms with Gasteiger partial charge in [0.1, 0.15) is 5.92 Å². The van der Waals surface area contributed by atoms with Gasteiger partial charge in [-0.3, -0.25) is 19.7 Å². The number of unbranched alkanes of at least 4 members (excludes halogenated alkanes) is 1. The fourth-order valence-electron chi connectivity index (χ4n) is 1.86. The number of halogens is 1. The van der Waals surface area contributed by atoms with Crippen molar-refractivity contribution < 1.29 is 14.4 Å². The Kier molecular flexibility index (Phi) is 6.34. The zero-order valence-electron chi connectivity index (χ0n) is 10.1. The Labute approximate surface area is 107 Å². The number of amides is 2. The molecule has 2 amide bonds. The normalized spacial score (nSPS) is 25.1. The van der Waals surface area contributed by atoms with Gasteiger partial charge in [0.15, 0.2) is 5.78 Å². The first-order valence-corrected chi connectivity index (χ1v) is 5.63. The Morgan fingerprint density at radius 2 is 2.00 bits per heavy atom. The lowest BCUT2D eigenvalue weighted by molar-refractivity contribution is -0.133. The number of imide groups is 1. The molecule has 1 saturated heterocycles. The van der Waals surface area contributed by atoms with Crippen LogP contribution in [0.3, 0.4) is 0 Å². The number of nitrogens with one attached hydrogen (secondary N) is 1. The number of hydrogen-bond donors (Lipinski definition) is 2. The fraction of sp³-hybridized carbons (Fsp3) is 0.727. The molecule has 1 aliphatic heterocycles. The van der Waals surface area contributed by atoms with Crippen LogP contribution < -0.4 is 11.1 Å². The standard InChI is InChI=1S/C11H18N2O3.ClH/c1-3-4-5-7(12)9(14)8-6(2)10(15)13-11(8)16;/h6-8H,3-5,12H2,1-2H3,(H,13,15,16);1H/t6-,7-,8+;/m0./s1. The third-order valence-corrected chi connectivity index (χ3v) is 2.98. The number of ketones is 1. The van der Waals surface area contributed by atoms with Crippen LogP contribution >= 0.6 is 12.4 Å². The lowest BCUT2D eigenvalue weighted by Crippen LogP contribution is -2.40. The molecule has 0 aromatic rings. The maximum Gasteiger partial charge on any atom is 0.238 e. The van der Waals surface area contributed by atoms with E-state index in [9.17, 15) is 14.4 Å². The minimum Gasteiger partial charge on any atom is -0.321 e. The second-order valence-corrected chi connectivity index (χ2v) is 4.27. The number of hydrogen-bond acceptors (Lipinski definition) is 4. The van der Waals surface area contributed by atoms with Crippen LogP contribution in [0.4, 0.5) is 0 Å². The zero-order valence-corrected chi connectivity index (χ0v) is 10.9. The van der Waals surface area contributed by atoms with E-state index < -0.39 is 23.8 Å². The number of carbonyl (C=O) groups excluding carboxylic acids is 3. The first kappa shape index (κ1) is 16.1. The largest absolute Gasteiger partial charge is 0.321 e. The lowest BCUT2D eigenvalue weighted by Gasteiger charge is -2.15. The van der Waals surface area contributed by atoms with Crippen LogP contribution in [-0.2, 0) is 14.4 Å². The maximum absolute atomic E-state index is 11.9. The van der Waals surface area contributed by atoms with E-state index in [1.165, 1.54) is 0 Å². The fourth-order valence-corrected chi connectivity index (χ4v) is 1.86. The highest BCUT2D eigenvalue weighted by molar-refractivity contribution is 6.16. The summed E-state index contributed by atoms with van der Waals surface area (Å²) in [5.41, 5.74) is 5.71. The van der Waals surface area contributed by atoms with Crippen molar-refractivity contribution in [2.75, 3.05) is 0 Å². The molecule has 0 bridgehead atoms. The van der Waals surface area contributed by atoms with Crippen molar-refractivity contribution in [1.29, 1.82) is 0 Å².